The van der Waals surface area contributed by atoms with Crippen molar-refractivity contribution in [1.29, 1.82) is 0 Å². The average molecular weight is 420 g/mol. The van der Waals surface area contributed by atoms with Gasteiger partial charge in [-0.3, -0.25) is 14.6 Å². The minimum Gasteiger partial charge on any atom is -0.401 e. The quantitative estimate of drug-likeness (QED) is 0.242. The maximum atomic E-state index is 12.0. The molecule has 2 amide bonds. The summed E-state index contributed by atoms with van der Waals surface area (Å²) in [5.74, 6) is 0.0243. The van der Waals surface area contributed by atoms with Gasteiger partial charge in [0, 0.05) is 58.5 Å². The van der Waals surface area contributed by atoms with Crippen LogP contribution in [0.5, 0.6) is 0 Å². The normalized spacial score (nSPS) is 12.6. The molecule has 30 heavy (non-hydrogen) atoms. The van der Waals surface area contributed by atoms with E-state index in [0.29, 0.717) is 25.2 Å². The lowest BCUT2D eigenvalue weighted by atomic mass is 10.1. The zero-order valence-electron chi connectivity index (χ0n) is 19.5. The number of nitrogens with two attached hydrogens (primary N) is 1. The smallest absolute Gasteiger partial charge is 0.225 e. The number of amides is 2. The number of aliphatic imine (C=N–C) groups is 1. The number of carbonyl (C=O) groups is 2. The first-order valence-corrected chi connectivity index (χ1v) is 10.8. The van der Waals surface area contributed by atoms with Crippen LogP contribution in [0.3, 0.4) is 0 Å². The molecule has 0 aromatic rings. The first-order chi connectivity index (χ1) is 14.3. The predicted octanol–water partition coefficient (Wildman–Crippen LogP) is 3.20. The highest BCUT2D eigenvalue weighted by atomic mass is 16.2. The molecule has 0 saturated carbocycles. The fourth-order valence-electron chi connectivity index (χ4n) is 2.69. The Morgan fingerprint density at radius 3 is 2.43 bits per heavy atom. The summed E-state index contributed by atoms with van der Waals surface area (Å²) in [5, 5.41) is 2.67. The number of carbonyl (C=O) groups excluding carboxylic acids is 2. The molecule has 7 nitrogen and oxygen atoms in total. The molecular formula is C23H41N5O2. The highest BCUT2D eigenvalue weighted by Crippen LogP contribution is 2.07. The topological polar surface area (TPSA) is 91.0 Å². The van der Waals surface area contributed by atoms with Crippen molar-refractivity contribution in [2.75, 3.05) is 33.2 Å². The largest absolute Gasteiger partial charge is 0.401 e. The van der Waals surface area contributed by atoms with Crippen LogP contribution in [0.4, 0.5) is 0 Å². The number of hydrogen-bond acceptors (Lipinski definition) is 4. The second kappa shape index (κ2) is 17.3. The monoisotopic (exact) mass is 419 g/mol. The lowest BCUT2D eigenvalue weighted by molar-refractivity contribution is -0.128. The molecular weight excluding hydrogens is 378 g/mol. The van der Waals surface area contributed by atoms with Crippen LogP contribution in [0.25, 0.3) is 0 Å². The molecule has 0 radical (unpaired) electrons. The Bertz CT molecular complexity index is 619. The molecule has 0 aliphatic carbocycles. The zero-order valence-corrected chi connectivity index (χ0v) is 19.5. The van der Waals surface area contributed by atoms with Crippen LogP contribution < -0.4 is 11.1 Å². The van der Waals surface area contributed by atoms with Gasteiger partial charge in [0.15, 0.2) is 0 Å². The number of unbranched alkanes of at least 4 members (excludes halogenated alkanes) is 1. The third-order valence-corrected chi connectivity index (χ3v) is 4.36. The Hall–Kier alpha value is -2.57. The molecule has 0 aromatic heterocycles. The third kappa shape index (κ3) is 14.4. The van der Waals surface area contributed by atoms with Gasteiger partial charge in [-0.2, -0.15) is 0 Å². The fraction of sp³-hybridized carbons (Fsp3) is 0.609. The van der Waals surface area contributed by atoms with Crippen LogP contribution in [-0.2, 0) is 9.59 Å². The molecule has 3 N–H and O–H groups in total. The van der Waals surface area contributed by atoms with E-state index < -0.39 is 0 Å². The molecule has 0 fully saturated rings. The molecule has 0 rings (SSSR count). The van der Waals surface area contributed by atoms with Gasteiger partial charge in [0.05, 0.1) is 6.34 Å². The van der Waals surface area contributed by atoms with E-state index in [-0.39, 0.29) is 11.8 Å². The van der Waals surface area contributed by atoms with Gasteiger partial charge in [-0.1, -0.05) is 38.5 Å². The van der Waals surface area contributed by atoms with Crippen molar-refractivity contribution in [3.8, 4) is 0 Å². The maximum absolute atomic E-state index is 12.0. The highest BCUT2D eigenvalue weighted by molar-refractivity contribution is 5.77. The van der Waals surface area contributed by atoms with Crippen LogP contribution in [0.2, 0.25) is 0 Å². The van der Waals surface area contributed by atoms with Crippen LogP contribution in [-0.4, -0.2) is 61.2 Å². The van der Waals surface area contributed by atoms with E-state index in [2.05, 4.69) is 42.4 Å². The van der Waals surface area contributed by atoms with Crippen LogP contribution in [0, 0.1) is 0 Å². The number of rotatable bonds is 15. The molecule has 0 spiro atoms. The van der Waals surface area contributed by atoms with Gasteiger partial charge < -0.3 is 20.9 Å². The SMILES string of the molecule is CC/C=C\C(=C/CCN(C=NC)CCC(=O)N/C=C(/C)N)CN(CCCC)C(C)=O. The maximum Gasteiger partial charge on any atom is 0.225 e. The number of nitrogens with zero attached hydrogens (tertiary/aromatic N) is 3. The van der Waals surface area contributed by atoms with E-state index >= 15 is 0 Å². The zero-order chi connectivity index (χ0) is 22.8. The van der Waals surface area contributed by atoms with E-state index in [1.807, 2.05) is 9.80 Å². The molecule has 0 aromatic carbocycles. The van der Waals surface area contributed by atoms with Gasteiger partial charge in [0.2, 0.25) is 11.8 Å². The van der Waals surface area contributed by atoms with Crippen molar-refractivity contribution >= 4 is 18.2 Å². The molecule has 170 valence electrons. The Kier molecular flexibility index (Phi) is 15.8. The Morgan fingerprint density at radius 1 is 1.13 bits per heavy atom. The number of nitrogens with one attached hydrogen (secondary N) is 1. The Balaban J connectivity index is 4.91. The standard InChI is InChI=1S/C23H41N5O2/c1-6-8-11-22(18-28(21(4)29)15-9-7-2)12-10-14-27(19-25-5)16-13-23(30)26-17-20(3)24/h8,11-12,17,19H,6-7,9-10,13-16,18,24H2,1-5H3,(H,26,30)/b11-8-,20-17-,22-12+,25-19?. The minimum absolute atomic E-state index is 0.0792. The van der Waals surface area contributed by atoms with Crippen molar-refractivity contribution in [2.45, 2.75) is 59.8 Å². The summed E-state index contributed by atoms with van der Waals surface area (Å²) in [4.78, 5) is 31.9. The van der Waals surface area contributed by atoms with Crippen LogP contribution >= 0.6 is 0 Å². The van der Waals surface area contributed by atoms with Gasteiger partial charge in [-0.25, -0.2) is 0 Å². The predicted molar refractivity (Wildman–Crippen MR) is 126 cm³/mol. The molecule has 0 saturated heterocycles. The lowest BCUT2D eigenvalue weighted by Crippen LogP contribution is -2.31. The molecule has 0 unspecified atom stereocenters. The van der Waals surface area contributed by atoms with E-state index in [0.717, 1.165) is 44.3 Å². The number of allylic oxidation sites excluding steroid dienone is 2. The first-order valence-electron chi connectivity index (χ1n) is 10.8. The summed E-state index contributed by atoms with van der Waals surface area (Å²) in [6, 6.07) is 0. The molecule has 7 heteroatoms. The van der Waals surface area contributed by atoms with Gasteiger partial charge >= 0.3 is 0 Å². The molecule has 0 aliphatic heterocycles. The Morgan fingerprint density at radius 2 is 1.87 bits per heavy atom. The number of hydrogen-bond donors (Lipinski definition) is 2. The van der Waals surface area contributed by atoms with E-state index in [4.69, 9.17) is 5.73 Å². The fourth-order valence-corrected chi connectivity index (χ4v) is 2.69. The summed E-state index contributed by atoms with van der Waals surface area (Å²) in [5.41, 5.74) is 7.23. The first kappa shape index (κ1) is 27.4. The van der Waals surface area contributed by atoms with E-state index in [1.165, 1.54) is 6.20 Å². The summed E-state index contributed by atoms with van der Waals surface area (Å²) in [6.07, 6.45) is 13.8. The summed E-state index contributed by atoms with van der Waals surface area (Å²) < 4.78 is 0. The van der Waals surface area contributed by atoms with Gasteiger partial charge in [-0.15, -0.1) is 0 Å². The van der Waals surface area contributed by atoms with Crippen molar-refractivity contribution in [2.24, 2.45) is 10.7 Å². The summed E-state index contributed by atoms with van der Waals surface area (Å²) in [6.45, 7) is 10.3. The third-order valence-electron chi connectivity index (χ3n) is 4.36. The van der Waals surface area contributed by atoms with Gasteiger partial charge in [-0.05, 0) is 31.8 Å². The van der Waals surface area contributed by atoms with E-state index in [1.54, 1.807) is 27.2 Å². The molecule has 0 heterocycles. The lowest BCUT2D eigenvalue weighted by Gasteiger charge is -2.22. The highest BCUT2D eigenvalue weighted by Gasteiger charge is 2.09. The van der Waals surface area contributed by atoms with Crippen LogP contribution in [0.15, 0.2) is 40.7 Å². The minimum atomic E-state index is -0.0792. The van der Waals surface area contributed by atoms with E-state index in [9.17, 15) is 9.59 Å². The summed E-state index contributed by atoms with van der Waals surface area (Å²) >= 11 is 0. The van der Waals surface area contributed by atoms with Crippen LogP contribution in [0.1, 0.15) is 59.8 Å². The second-order valence-corrected chi connectivity index (χ2v) is 7.29. The Labute approximate surface area is 182 Å². The molecule has 0 aliphatic rings. The summed E-state index contributed by atoms with van der Waals surface area (Å²) in [7, 11) is 1.72. The van der Waals surface area contributed by atoms with Crippen molar-refractivity contribution in [1.82, 2.24) is 15.1 Å². The molecule has 0 bridgehead atoms. The average Bonchev–Trinajstić information content (AvgIpc) is 2.70. The van der Waals surface area contributed by atoms with Crippen molar-refractivity contribution < 1.29 is 9.59 Å². The van der Waals surface area contributed by atoms with Crippen molar-refractivity contribution in [3.63, 3.8) is 0 Å². The second-order valence-electron chi connectivity index (χ2n) is 7.29. The molecule has 0 atom stereocenters. The van der Waals surface area contributed by atoms with Crippen molar-refractivity contribution in [3.05, 3.63) is 35.7 Å². The van der Waals surface area contributed by atoms with Gasteiger partial charge in [0.1, 0.15) is 0 Å². The van der Waals surface area contributed by atoms with Gasteiger partial charge in [0.25, 0.3) is 0 Å².